The summed E-state index contributed by atoms with van der Waals surface area (Å²) >= 11 is 0. The van der Waals surface area contributed by atoms with E-state index in [9.17, 15) is 28.1 Å². The number of alkyl halides is 3. The summed E-state index contributed by atoms with van der Waals surface area (Å²) in [7, 11) is 0. The normalized spacial score (nSPS) is 15.2. The molecule has 0 spiro atoms. The summed E-state index contributed by atoms with van der Waals surface area (Å²) in [5.74, 6) is -0.292. The van der Waals surface area contributed by atoms with E-state index >= 15 is 0 Å². The van der Waals surface area contributed by atoms with E-state index in [0.29, 0.717) is 26.2 Å². The van der Waals surface area contributed by atoms with Crippen LogP contribution in [0.1, 0.15) is 5.56 Å². The highest BCUT2D eigenvalue weighted by Crippen LogP contribution is 2.34. The fourth-order valence-corrected chi connectivity index (χ4v) is 3.12. The Morgan fingerprint density at radius 1 is 1.14 bits per heavy atom. The first-order chi connectivity index (χ1) is 13.8. The zero-order chi connectivity index (χ0) is 21.0. The Morgan fingerprint density at radius 2 is 1.83 bits per heavy atom. The highest BCUT2D eigenvalue weighted by atomic mass is 19.4. The number of hydrogen-bond acceptors (Lipinski definition) is 6. The second-order valence-corrected chi connectivity index (χ2v) is 6.46. The molecule has 2 heterocycles. The van der Waals surface area contributed by atoms with E-state index in [4.69, 9.17) is 0 Å². The number of carbonyl (C=O) groups is 1. The van der Waals surface area contributed by atoms with Crippen LogP contribution in [0.15, 0.2) is 42.6 Å². The molecule has 0 aliphatic carbocycles. The van der Waals surface area contributed by atoms with Crippen LogP contribution in [0.25, 0.3) is 0 Å². The largest absolute Gasteiger partial charge is 0.418 e. The molecule has 0 radical (unpaired) electrons. The van der Waals surface area contributed by atoms with Crippen molar-refractivity contribution in [2.75, 3.05) is 42.9 Å². The zero-order valence-electron chi connectivity index (χ0n) is 15.2. The fraction of sp³-hybridized carbons (Fsp3) is 0.333. The number of pyridine rings is 1. The van der Waals surface area contributed by atoms with E-state index < -0.39 is 22.6 Å². The summed E-state index contributed by atoms with van der Waals surface area (Å²) in [6, 6.07) is 7.66. The molecule has 1 N–H and O–H groups in total. The van der Waals surface area contributed by atoms with Crippen LogP contribution in [0.2, 0.25) is 0 Å². The lowest BCUT2D eigenvalue weighted by molar-refractivity contribution is -0.384. The third-order valence-corrected chi connectivity index (χ3v) is 4.51. The lowest BCUT2D eigenvalue weighted by Crippen LogP contribution is -2.49. The number of nitro groups is 1. The predicted molar refractivity (Wildman–Crippen MR) is 99.6 cm³/mol. The molecular weight excluding hydrogens is 391 g/mol. The summed E-state index contributed by atoms with van der Waals surface area (Å²) in [5.41, 5.74) is -1.28. The van der Waals surface area contributed by atoms with Gasteiger partial charge in [-0.05, 0) is 18.2 Å². The third-order valence-electron chi connectivity index (χ3n) is 4.51. The summed E-state index contributed by atoms with van der Waals surface area (Å²) in [5, 5.41) is 13.5. The lowest BCUT2D eigenvalue weighted by atomic mass is 10.1. The third kappa shape index (κ3) is 4.99. The first-order valence-corrected chi connectivity index (χ1v) is 8.78. The standard InChI is InChI=1S/C18H18F3N5O3/c19-18(20,21)13-4-1-2-5-14(13)23-16(27)12-24-8-10-25(11-9-24)17-15(26(28)29)6-3-7-22-17/h1-7H,8-12H2,(H,23,27). The Bertz CT molecular complexity index is 898. The molecule has 8 nitrogen and oxygen atoms in total. The number of amides is 1. The summed E-state index contributed by atoms with van der Waals surface area (Å²) < 4.78 is 39.1. The average Bonchev–Trinajstić information content (AvgIpc) is 2.68. The molecule has 1 fully saturated rings. The van der Waals surface area contributed by atoms with Crippen LogP contribution in [-0.4, -0.2) is 53.4 Å². The monoisotopic (exact) mass is 409 g/mol. The molecule has 154 valence electrons. The molecule has 1 aliphatic rings. The van der Waals surface area contributed by atoms with Gasteiger partial charge in [-0.25, -0.2) is 4.98 Å². The molecular formula is C18H18F3N5O3. The fourth-order valence-electron chi connectivity index (χ4n) is 3.12. The number of nitrogens with zero attached hydrogens (tertiary/aromatic N) is 4. The number of aromatic nitrogens is 1. The quantitative estimate of drug-likeness (QED) is 0.603. The summed E-state index contributed by atoms with van der Waals surface area (Å²) in [6.07, 6.45) is -3.09. The van der Waals surface area contributed by atoms with Crippen LogP contribution in [0.4, 0.5) is 30.4 Å². The molecule has 0 bridgehead atoms. The van der Waals surface area contributed by atoms with Crippen LogP contribution < -0.4 is 10.2 Å². The van der Waals surface area contributed by atoms with Crippen LogP contribution in [0, 0.1) is 10.1 Å². The zero-order valence-corrected chi connectivity index (χ0v) is 15.2. The Morgan fingerprint density at radius 3 is 2.48 bits per heavy atom. The number of piperazine rings is 1. The molecule has 3 rings (SSSR count). The second kappa shape index (κ2) is 8.43. The minimum absolute atomic E-state index is 0.0790. The van der Waals surface area contributed by atoms with Crippen LogP contribution in [0.3, 0.4) is 0 Å². The molecule has 1 saturated heterocycles. The van der Waals surface area contributed by atoms with Gasteiger partial charge >= 0.3 is 11.9 Å². The molecule has 29 heavy (non-hydrogen) atoms. The SMILES string of the molecule is O=C(CN1CCN(c2ncccc2[N+](=O)[O-])CC1)Nc1ccccc1C(F)(F)F. The van der Waals surface area contributed by atoms with Crippen molar-refractivity contribution in [2.45, 2.75) is 6.18 Å². The van der Waals surface area contributed by atoms with Crippen molar-refractivity contribution in [2.24, 2.45) is 0 Å². The minimum atomic E-state index is -4.56. The Kier molecular flexibility index (Phi) is 5.97. The van der Waals surface area contributed by atoms with Gasteiger partial charge in [0.2, 0.25) is 11.7 Å². The van der Waals surface area contributed by atoms with Gasteiger partial charge in [-0.3, -0.25) is 19.8 Å². The maximum absolute atomic E-state index is 13.0. The summed E-state index contributed by atoms with van der Waals surface area (Å²) in [4.78, 5) is 30.5. The van der Waals surface area contributed by atoms with E-state index in [2.05, 4.69) is 10.3 Å². The molecule has 1 amide bonds. The number of carbonyl (C=O) groups excluding carboxylic acids is 1. The average molecular weight is 409 g/mol. The molecule has 0 saturated carbocycles. The number of rotatable bonds is 5. The van der Waals surface area contributed by atoms with Gasteiger partial charge in [0.15, 0.2) is 0 Å². The number of para-hydroxylation sites is 1. The number of hydrogen-bond donors (Lipinski definition) is 1. The predicted octanol–water partition coefficient (Wildman–Crippen LogP) is 2.77. The van der Waals surface area contributed by atoms with Crippen LogP contribution in [-0.2, 0) is 11.0 Å². The number of nitrogens with one attached hydrogen (secondary N) is 1. The van der Waals surface area contributed by atoms with E-state index in [1.807, 2.05) is 0 Å². The van der Waals surface area contributed by atoms with Gasteiger partial charge in [0, 0.05) is 38.4 Å². The van der Waals surface area contributed by atoms with E-state index in [0.717, 1.165) is 6.07 Å². The van der Waals surface area contributed by atoms with E-state index in [1.165, 1.54) is 36.5 Å². The molecule has 0 atom stereocenters. The van der Waals surface area contributed by atoms with Crippen molar-refractivity contribution >= 4 is 23.1 Å². The van der Waals surface area contributed by atoms with Gasteiger partial charge in [-0.1, -0.05) is 12.1 Å². The van der Waals surface area contributed by atoms with Gasteiger partial charge < -0.3 is 10.2 Å². The first kappa shape index (κ1) is 20.5. The van der Waals surface area contributed by atoms with Crippen molar-refractivity contribution in [3.05, 3.63) is 58.3 Å². The Labute approximate surface area is 164 Å². The first-order valence-electron chi connectivity index (χ1n) is 8.78. The smallest absolute Gasteiger partial charge is 0.348 e. The highest BCUT2D eigenvalue weighted by Gasteiger charge is 2.33. The summed E-state index contributed by atoms with van der Waals surface area (Å²) in [6.45, 7) is 1.57. The molecule has 2 aromatic rings. The van der Waals surface area contributed by atoms with Crippen molar-refractivity contribution in [3.8, 4) is 0 Å². The highest BCUT2D eigenvalue weighted by molar-refractivity contribution is 5.93. The van der Waals surface area contributed by atoms with Crippen molar-refractivity contribution in [1.29, 1.82) is 0 Å². The van der Waals surface area contributed by atoms with E-state index in [-0.39, 0.29) is 23.7 Å². The van der Waals surface area contributed by atoms with Gasteiger partial charge in [0.25, 0.3) is 0 Å². The number of benzene rings is 1. The van der Waals surface area contributed by atoms with Crippen molar-refractivity contribution in [1.82, 2.24) is 9.88 Å². The number of halogens is 3. The van der Waals surface area contributed by atoms with Crippen LogP contribution in [0.5, 0.6) is 0 Å². The second-order valence-electron chi connectivity index (χ2n) is 6.46. The Hall–Kier alpha value is -3.21. The van der Waals surface area contributed by atoms with Crippen molar-refractivity contribution in [3.63, 3.8) is 0 Å². The maximum Gasteiger partial charge on any atom is 0.418 e. The van der Waals surface area contributed by atoms with Gasteiger partial charge in [-0.15, -0.1) is 0 Å². The van der Waals surface area contributed by atoms with Gasteiger partial charge in [0.05, 0.1) is 22.7 Å². The maximum atomic E-state index is 13.0. The van der Waals surface area contributed by atoms with E-state index in [1.54, 1.807) is 9.80 Å². The number of anilines is 2. The van der Waals surface area contributed by atoms with Gasteiger partial charge in [-0.2, -0.15) is 13.2 Å². The molecule has 1 aromatic carbocycles. The molecule has 0 unspecified atom stereocenters. The topological polar surface area (TPSA) is 91.6 Å². The molecule has 1 aromatic heterocycles. The van der Waals surface area contributed by atoms with Crippen molar-refractivity contribution < 1.29 is 22.9 Å². The van der Waals surface area contributed by atoms with Crippen LogP contribution >= 0.6 is 0 Å². The molecule has 1 aliphatic heterocycles. The lowest BCUT2D eigenvalue weighted by Gasteiger charge is -2.34. The minimum Gasteiger partial charge on any atom is -0.348 e. The Balaban J connectivity index is 1.58. The van der Waals surface area contributed by atoms with Gasteiger partial charge in [0.1, 0.15) is 0 Å². The molecule has 11 heteroatoms.